The number of nitrogens with zero attached hydrogens (tertiary/aromatic N) is 1. The van der Waals surface area contributed by atoms with E-state index in [1.807, 2.05) is 7.05 Å². The fourth-order valence-electron chi connectivity index (χ4n) is 3.37. The van der Waals surface area contributed by atoms with E-state index in [1.165, 1.54) is 24.8 Å². The van der Waals surface area contributed by atoms with E-state index in [1.54, 1.807) is 0 Å². The molecule has 1 saturated heterocycles. The SMILES string of the molecule is CCc1cccc(C)c1NC(=O)CN1CCC(CCNC)CC1.Cl. The smallest absolute Gasteiger partial charge is 0.238 e. The van der Waals surface area contributed by atoms with Crippen LogP contribution in [0.25, 0.3) is 0 Å². The number of nitrogens with one attached hydrogen (secondary N) is 2. The first-order chi connectivity index (χ1) is 11.1. The van der Waals surface area contributed by atoms with Crippen LogP contribution < -0.4 is 10.6 Å². The number of para-hydroxylation sites is 1. The number of benzene rings is 1. The van der Waals surface area contributed by atoms with Gasteiger partial charge in [0.1, 0.15) is 0 Å². The van der Waals surface area contributed by atoms with Crippen molar-refractivity contribution < 1.29 is 4.79 Å². The Kier molecular flexibility index (Phi) is 9.34. The molecule has 1 aromatic rings. The van der Waals surface area contributed by atoms with Gasteiger partial charge in [0.2, 0.25) is 5.91 Å². The molecule has 1 heterocycles. The third kappa shape index (κ3) is 6.08. The van der Waals surface area contributed by atoms with Gasteiger partial charge >= 0.3 is 0 Å². The molecule has 24 heavy (non-hydrogen) atoms. The number of anilines is 1. The summed E-state index contributed by atoms with van der Waals surface area (Å²) >= 11 is 0. The summed E-state index contributed by atoms with van der Waals surface area (Å²) < 4.78 is 0. The summed E-state index contributed by atoms with van der Waals surface area (Å²) in [5.41, 5.74) is 3.36. The minimum absolute atomic E-state index is 0. The zero-order valence-electron chi connectivity index (χ0n) is 15.2. The van der Waals surface area contributed by atoms with Gasteiger partial charge in [-0.15, -0.1) is 12.4 Å². The summed E-state index contributed by atoms with van der Waals surface area (Å²) in [6.07, 6.45) is 4.60. The highest BCUT2D eigenvalue weighted by Gasteiger charge is 2.20. The van der Waals surface area contributed by atoms with E-state index in [0.29, 0.717) is 6.54 Å². The van der Waals surface area contributed by atoms with Crippen LogP contribution in [0.2, 0.25) is 0 Å². The molecule has 0 saturated carbocycles. The number of aryl methyl sites for hydroxylation is 2. The fraction of sp³-hybridized carbons (Fsp3) is 0.632. The second kappa shape index (κ2) is 10.7. The van der Waals surface area contributed by atoms with Crippen LogP contribution in [0.4, 0.5) is 5.69 Å². The maximum Gasteiger partial charge on any atom is 0.238 e. The average Bonchev–Trinajstić information content (AvgIpc) is 2.56. The summed E-state index contributed by atoms with van der Waals surface area (Å²) in [5, 5.41) is 6.36. The van der Waals surface area contributed by atoms with Crippen molar-refractivity contribution >= 4 is 24.0 Å². The normalized spacial score (nSPS) is 15.8. The molecule has 0 bridgehead atoms. The Bertz CT molecular complexity index is 513. The molecule has 0 atom stereocenters. The predicted octanol–water partition coefficient (Wildman–Crippen LogP) is 3.24. The van der Waals surface area contributed by atoms with Crippen molar-refractivity contribution in [3.8, 4) is 0 Å². The highest BCUT2D eigenvalue weighted by Crippen LogP contribution is 2.22. The standard InChI is InChI=1S/C19H31N3O.ClH/c1-4-17-7-5-6-15(2)19(17)21-18(23)14-22-12-9-16(10-13-22)8-11-20-3;/h5-7,16,20H,4,8-14H2,1-3H3,(H,21,23);1H. The van der Waals surface area contributed by atoms with Crippen LogP contribution in [0.5, 0.6) is 0 Å². The van der Waals surface area contributed by atoms with Crippen LogP contribution in [0.1, 0.15) is 37.3 Å². The number of rotatable bonds is 7. The van der Waals surface area contributed by atoms with Crippen LogP contribution in [0.15, 0.2) is 18.2 Å². The first-order valence-corrected chi connectivity index (χ1v) is 8.89. The molecule has 1 aromatic carbocycles. The topological polar surface area (TPSA) is 44.4 Å². The van der Waals surface area contributed by atoms with Crippen molar-refractivity contribution in [1.29, 1.82) is 0 Å². The molecule has 1 fully saturated rings. The van der Waals surface area contributed by atoms with Crippen LogP contribution in [-0.2, 0) is 11.2 Å². The molecule has 0 aromatic heterocycles. The van der Waals surface area contributed by atoms with Gasteiger partial charge in [-0.1, -0.05) is 25.1 Å². The summed E-state index contributed by atoms with van der Waals surface area (Å²) in [6.45, 7) is 7.86. The van der Waals surface area contributed by atoms with Crippen molar-refractivity contribution in [1.82, 2.24) is 10.2 Å². The van der Waals surface area contributed by atoms with E-state index in [9.17, 15) is 4.79 Å². The van der Waals surface area contributed by atoms with E-state index in [0.717, 1.165) is 43.2 Å². The van der Waals surface area contributed by atoms with Gasteiger partial charge in [-0.2, -0.15) is 0 Å². The number of hydrogen-bond donors (Lipinski definition) is 2. The van der Waals surface area contributed by atoms with Crippen molar-refractivity contribution in [2.75, 3.05) is 38.5 Å². The number of carbonyl (C=O) groups excluding carboxylic acids is 1. The molecule has 0 aliphatic carbocycles. The largest absolute Gasteiger partial charge is 0.324 e. The molecule has 5 heteroatoms. The molecule has 2 rings (SSSR count). The van der Waals surface area contributed by atoms with Gasteiger partial charge in [0.05, 0.1) is 6.54 Å². The lowest BCUT2D eigenvalue weighted by Gasteiger charge is -2.31. The predicted molar refractivity (Wildman–Crippen MR) is 104 cm³/mol. The second-order valence-corrected chi connectivity index (χ2v) is 6.62. The summed E-state index contributed by atoms with van der Waals surface area (Å²) in [4.78, 5) is 14.7. The van der Waals surface area contributed by atoms with Gasteiger partial charge < -0.3 is 10.6 Å². The quantitative estimate of drug-likeness (QED) is 0.791. The Morgan fingerprint density at radius 1 is 1.29 bits per heavy atom. The Hall–Kier alpha value is -1.10. The van der Waals surface area contributed by atoms with Crippen molar-refractivity contribution in [3.63, 3.8) is 0 Å². The molecular formula is C19H32ClN3O. The van der Waals surface area contributed by atoms with Crippen molar-refractivity contribution in [2.45, 2.75) is 39.5 Å². The van der Waals surface area contributed by atoms with E-state index >= 15 is 0 Å². The van der Waals surface area contributed by atoms with Crippen molar-refractivity contribution in [2.24, 2.45) is 5.92 Å². The first-order valence-electron chi connectivity index (χ1n) is 8.89. The van der Waals surface area contributed by atoms with Gasteiger partial charge in [-0.3, -0.25) is 9.69 Å². The Balaban J connectivity index is 0.00000288. The van der Waals surface area contributed by atoms with E-state index in [4.69, 9.17) is 0 Å². The molecule has 0 radical (unpaired) electrons. The zero-order chi connectivity index (χ0) is 16.7. The van der Waals surface area contributed by atoms with Gasteiger partial charge in [-0.25, -0.2) is 0 Å². The molecule has 1 aliphatic rings. The first kappa shape index (κ1) is 20.9. The van der Waals surface area contributed by atoms with Crippen LogP contribution in [-0.4, -0.2) is 44.0 Å². The van der Waals surface area contributed by atoms with Crippen LogP contribution >= 0.6 is 12.4 Å². The number of likely N-dealkylation sites (tertiary alicyclic amines) is 1. The summed E-state index contributed by atoms with van der Waals surface area (Å²) in [5.74, 6) is 0.924. The third-order valence-electron chi connectivity index (χ3n) is 4.88. The number of hydrogen-bond acceptors (Lipinski definition) is 3. The Morgan fingerprint density at radius 3 is 2.62 bits per heavy atom. The Labute approximate surface area is 152 Å². The number of amides is 1. The molecule has 1 amide bonds. The second-order valence-electron chi connectivity index (χ2n) is 6.62. The number of halogens is 1. The maximum atomic E-state index is 12.4. The lowest BCUT2D eigenvalue weighted by Crippen LogP contribution is -2.39. The van der Waals surface area contributed by atoms with Gasteiger partial charge in [0, 0.05) is 5.69 Å². The van der Waals surface area contributed by atoms with E-state index in [-0.39, 0.29) is 18.3 Å². The van der Waals surface area contributed by atoms with Gasteiger partial charge in [-0.05, 0) is 76.3 Å². The minimum atomic E-state index is 0. The lowest BCUT2D eigenvalue weighted by molar-refractivity contribution is -0.117. The monoisotopic (exact) mass is 353 g/mol. The van der Waals surface area contributed by atoms with E-state index < -0.39 is 0 Å². The fourth-order valence-corrected chi connectivity index (χ4v) is 3.37. The highest BCUT2D eigenvalue weighted by atomic mass is 35.5. The third-order valence-corrected chi connectivity index (χ3v) is 4.88. The van der Waals surface area contributed by atoms with E-state index in [2.05, 4.69) is 47.6 Å². The summed E-state index contributed by atoms with van der Waals surface area (Å²) in [7, 11) is 2.01. The van der Waals surface area contributed by atoms with Crippen LogP contribution in [0, 0.1) is 12.8 Å². The highest BCUT2D eigenvalue weighted by molar-refractivity contribution is 5.93. The maximum absolute atomic E-state index is 12.4. The van der Waals surface area contributed by atoms with Crippen LogP contribution in [0.3, 0.4) is 0 Å². The average molecular weight is 354 g/mol. The molecular weight excluding hydrogens is 322 g/mol. The molecule has 1 aliphatic heterocycles. The molecule has 4 nitrogen and oxygen atoms in total. The Morgan fingerprint density at radius 2 is 2.00 bits per heavy atom. The van der Waals surface area contributed by atoms with Gasteiger partial charge in [0.25, 0.3) is 0 Å². The molecule has 136 valence electrons. The molecule has 0 spiro atoms. The molecule has 0 unspecified atom stereocenters. The molecule has 2 N–H and O–H groups in total. The summed E-state index contributed by atoms with van der Waals surface area (Å²) in [6, 6.07) is 6.21. The van der Waals surface area contributed by atoms with Gasteiger partial charge in [0.15, 0.2) is 0 Å². The number of carbonyl (C=O) groups is 1. The lowest BCUT2D eigenvalue weighted by atomic mass is 9.93. The van der Waals surface area contributed by atoms with Crippen molar-refractivity contribution in [3.05, 3.63) is 29.3 Å². The minimum Gasteiger partial charge on any atom is -0.324 e. The number of piperidine rings is 1. The zero-order valence-corrected chi connectivity index (χ0v) is 16.0.